The van der Waals surface area contributed by atoms with Crippen molar-refractivity contribution in [1.82, 2.24) is 0 Å². The lowest BCUT2D eigenvalue weighted by Crippen LogP contribution is -1.95. The number of rotatable bonds is 5. The van der Waals surface area contributed by atoms with Gasteiger partial charge in [-0.05, 0) is 52.1 Å². The van der Waals surface area contributed by atoms with Gasteiger partial charge in [0.05, 0.1) is 19.3 Å². The fraction of sp³-hybridized carbons (Fsp3) is 0.0952. The summed E-state index contributed by atoms with van der Waals surface area (Å²) in [6.07, 6.45) is 0. The number of carboxylic acid groups (broad SMARTS) is 1. The van der Waals surface area contributed by atoms with Gasteiger partial charge in [-0.15, -0.1) is 0 Å². The van der Waals surface area contributed by atoms with E-state index in [0.29, 0.717) is 5.75 Å². The Bertz CT molecular complexity index is 881. The molecule has 0 spiro atoms. The van der Waals surface area contributed by atoms with Crippen LogP contribution in [0.15, 0.2) is 66.7 Å². The molecule has 3 aromatic rings. The van der Waals surface area contributed by atoms with Gasteiger partial charge >= 0.3 is 5.97 Å². The molecule has 2 N–H and O–H groups in total. The normalized spacial score (nSPS) is 10.5. The van der Waals surface area contributed by atoms with E-state index in [2.05, 4.69) is 0 Å². The summed E-state index contributed by atoms with van der Waals surface area (Å²) in [6.45, 7) is -0.0645. The molecule has 0 amide bonds. The Morgan fingerprint density at radius 3 is 1.96 bits per heavy atom. The fourth-order valence-electron chi connectivity index (χ4n) is 2.76. The largest absolute Gasteiger partial charge is 0.497 e. The molecule has 0 bridgehead atoms. The lowest BCUT2D eigenvalue weighted by atomic mass is 9.96. The molecule has 3 rings (SSSR count). The first-order chi connectivity index (χ1) is 12.1. The van der Waals surface area contributed by atoms with E-state index in [1.165, 1.54) is 0 Å². The number of hydrogen-bond acceptors (Lipinski definition) is 3. The fourth-order valence-corrected chi connectivity index (χ4v) is 2.76. The topological polar surface area (TPSA) is 66.8 Å². The number of aromatic carboxylic acids is 1. The van der Waals surface area contributed by atoms with Crippen molar-refractivity contribution >= 4 is 5.97 Å². The van der Waals surface area contributed by atoms with E-state index < -0.39 is 5.97 Å². The lowest BCUT2D eigenvalue weighted by molar-refractivity contribution is 0.0697. The van der Waals surface area contributed by atoms with Gasteiger partial charge in [-0.25, -0.2) is 4.79 Å². The monoisotopic (exact) mass is 334 g/mol. The van der Waals surface area contributed by atoms with Crippen molar-refractivity contribution < 1.29 is 19.7 Å². The number of aliphatic hydroxyl groups excluding tert-OH is 1. The van der Waals surface area contributed by atoms with Crippen molar-refractivity contribution in [1.29, 1.82) is 0 Å². The van der Waals surface area contributed by atoms with Crippen molar-refractivity contribution in [3.63, 3.8) is 0 Å². The number of carboxylic acids is 1. The van der Waals surface area contributed by atoms with Crippen LogP contribution in [0.2, 0.25) is 0 Å². The van der Waals surface area contributed by atoms with E-state index in [0.717, 1.165) is 27.8 Å². The van der Waals surface area contributed by atoms with Crippen LogP contribution >= 0.6 is 0 Å². The number of carbonyl (C=O) groups is 1. The zero-order chi connectivity index (χ0) is 17.8. The molecule has 126 valence electrons. The molecule has 0 aliphatic carbocycles. The van der Waals surface area contributed by atoms with Gasteiger partial charge in [0.1, 0.15) is 5.75 Å². The molecule has 0 heterocycles. The van der Waals surface area contributed by atoms with Crippen LogP contribution in [0.3, 0.4) is 0 Å². The standard InChI is InChI=1S/C21H18O4/c1-25-19-10-11-20(18(12-19)13-22)16-6-2-14(3-7-16)15-4-8-17(9-5-15)21(23)24/h2-12,22H,13H2,1H3,(H,23,24). The van der Waals surface area contributed by atoms with Crippen molar-refractivity contribution in [2.45, 2.75) is 6.61 Å². The minimum Gasteiger partial charge on any atom is -0.497 e. The Morgan fingerprint density at radius 2 is 1.44 bits per heavy atom. The summed E-state index contributed by atoms with van der Waals surface area (Å²) in [5.41, 5.74) is 4.98. The number of benzene rings is 3. The number of ether oxygens (including phenoxy) is 1. The zero-order valence-corrected chi connectivity index (χ0v) is 13.8. The molecule has 3 aromatic carbocycles. The highest BCUT2D eigenvalue weighted by Crippen LogP contribution is 2.29. The summed E-state index contributed by atoms with van der Waals surface area (Å²) in [5.74, 6) is -0.221. The summed E-state index contributed by atoms with van der Waals surface area (Å²) in [5, 5.41) is 18.6. The highest BCUT2D eigenvalue weighted by molar-refractivity contribution is 5.88. The maximum atomic E-state index is 10.9. The average Bonchev–Trinajstić information content (AvgIpc) is 2.67. The molecule has 0 aliphatic heterocycles. The molecule has 0 saturated carbocycles. The second-order valence-electron chi connectivity index (χ2n) is 5.64. The van der Waals surface area contributed by atoms with Gasteiger partial charge in [0.25, 0.3) is 0 Å². The summed E-state index contributed by atoms with van der Waals surface area (Å²) >= 11 is 0. The van der Waals surface area contributed by atoms with Crippen molar-refractivity contribution in [3.05, 3.63) is 77.9 Å². The van der Waals surface area contributed by atoms with Crippen LogP contribution in [0.5, 0.6) is 5.75 Å². The first-order valence-electron chi connectivity index (χ1n) is 7.84. The maximum Gasteiger partial charge on any atom is 0.335 e. The van der Waals surface area contributed by atoms with Crippen LogP contribution in [-0.4, -0.2) is 23.3 Å². The molecular weight excluding hydrogens is 316 g/mol. The van der Waals surface area contributed by atoms with E-state index in [1.54, 1.807) is 31.4 Å². The highest BCUT2D eigenvalue weighted by atomic mass is 16.5. The third-order valence-electron chi connectivity index (χ3n) is 4.14. The van der Waals surface area contributed by atoms with Crippen LogP contribution in [0.25, 0.3) is 22.3 Å². The highest BCUT2D eigenvalue weighted by Gasteiger charge is 2.08. The van der Waals surface area contributed by atoms with Gasteiger partial charge in [-0.2, -0.15) is 0 Å². The Hall–Kier alpha value is -3.11. The van der Waals surface area contributed by atoms with Crippen LogP contribution in [0.4, 0.5) is 0 Å². The minimum absolute atomic E-state index is 0.0645. The van der Waals surface area contributed by atoms with E-state index >= 15 is 0 Å². The first-order valence-corrected chi connectivity index (χ1v) is 7.84. The van der Waals surface area contributed by atoms with Crippen molar-refractivity contribution in [3.8, 4) is 28.0 Å². The molecule has 25 heavy (non-hydrogen) atoms. The Kier molecular flexibility index (Phi) is 4.82. The van der Waals surface area contributed by atoms with Gasteiger partial charge in [-0.3, -0.25) is 0 Å². The van der Waals surface area contributed by atoms with Crippen molar-refractivity contribution in [2.24, 2.45) is 0 Å². The Morgan fingerprint density at radius 1 is 0.880 bits per heavy atom. The Labute approximate surface area is 146 Å². The molecule has 0 fully saturated rings. The van der Waals surface area contributed by atoms with E-state index in [1.807, 2.05) is 42.5 Å². The summed E-state index contributed by atoms with van der Waals surface area (Å²) in [4.78, 5) is 10.9. The predicted octanol–water partition coefficient (Wildman–Crippen LogP) is 4.22. The van der Waals surface area contributed by atoms with Gasteiger partial charge < -0.3 is 14.9 Å². The minimum atomic E-state index is -0.932. The van der Waals surface area contributed by atoms with E-state index in [-0.39, 0.29) is 12.2 Å². The third kappa shape index (κ3) is 3.54. The van der Waals surface area contributed by atoms with E-state index in [9.17, 15) is 9.90 Å². The molecule has 0 aliphatic rings. The number of hydrogen-bond donors (Lipinski definition) is 2. The molecule has 0 saturated heterocycles. The molecule has 0 aromatic heterocycles. The second-order valence-corrected chi connectivity index (χ2v) is 5.64. The number of aliphatic hydroxyl groups is 1. The van der Waals surface area contributed by atoms with E-state index in [4.69, 9.17) is 9.84 Å². The van der Waals surface area contributed by atoms with Crippen LogP contribution < -0.4 is 4.74 Å². The summed E-state index contributed by atoms with van der Waals surface area (Å²) in [6, 6.07) is 20.4. The van der Waals surface area contributed by atoms with Gasteiger partial charge in [-0.1, -0.05) is 42.5 Å². The molecule has 0 radical (unpaired) electrons. The average molecular weight is 334 g/mol. The maximum absolute atomic E-state index is 10.9. The molecule has 4 heteroatoms. The van der Waals surface area contributed by atoms with Crippen LogP contribution in [0, 0.1) is 0 Å². The molecular formula is C21H18O4. The van der Waals surface area contributed by atoms with Crippen LogP contribution in [0.1, 0.15) is 15.9 Å². The van der Waals surface area contributed by atoms with Crippen molar-refractivity contribution in [2.75, 3.05) is 7.11 Å². The summed E-state index contributed by atoms with van der Waals surface area (Å²) < 4.78 is 5.20. The lowest BCUT2D eigenvalue weighted by Gasteiger charge is -2.11. The smallest absolute Gasteiger partial charge is 0.335 e. The summed E-state index contributed by atoms with van der Waals surface area (Å²) in [7, 11) is 1.60. The van der Waals surface area contributed by atoms with Gasteiger partial charge in [0.15, 0.2) is 0 Å². The van der Waals surface area contributed by atoms with Gasteiger partial charge in [0.2, 0.25) is 0 Å². The number of methoxy groups -OCH3 is 1. The van der Waals surface area contributed by atoms with Gasteiger partial charge in [0, 0.05) is 0 Å². The SMILES string of the molecule is COc1ccc(-c2ccc(-c3ccc(C(=O)O)cc3)cc2)c(CO)c1. The third-order valence-corrected chi connectivity index (χ3v) is 4.14. The molecule has 4 nitrogen and oxygen atoms in total. The first kappa shape index (κ1) is 16.7. The molecule has 0 unspecified atom stereocenters. The second kappa shape index (κ2) is 7.20. The predicted molar refractivity (Wildman–Crippen MR) is 96.7 cm³/mol. The van der Waals surface area contributed by atoms with Crippen LogP contribution in [-0.2, 0) is 6.61 Å². The quantitative estimate of drug-likeness (QED) is 0.733. The Balaban J connectivity index is 1.91. The zero-order valence-electron chi connectivity index (χ0n) is 13.8. The molecule has 0 atom stereocenters.